The third-order valence-electron chi connectivity index (χ3n) is 6.46. The Labute approximate surface area is 247 Å². The maximum absolute atomic E-state index is 14.5. The zero-order chi connectivity index (χ0) is 31.1. The largest absolute Gasteiger partial charge is 0.465 e. The van der Waals surface area contributed by atoms with Crippen LogP contribution in [0.15, 0.2) is 35.3 Å². The zero-order valence-electron chi connectivity index (χ0n) is 24.1. The van der Waals surface area contributed by atoms with Crippen molar-refractivity contribution in [3.63, 3.8) is 0 Å². The Morgan fingerprint density at radius 2 is 1.95 bits per heavy atom. The normalized spacial score (nSPS) is 12.2. The number of rotatable bonds is 12. The molecule has 3 heterocycles. The number of anilines is 1. The number of carboxylic acid groups (broad SMARTS) is 1. The number of allylic oxidation sites excluding steroid dienone is 1. The van der Waals surface area contributed by atoms with Crippen molar-refractivity contribution in [3.8, 4) is 0 Å². The number of H-pyrrole nitrogens is 1. The maximum atomic E-state index is 14.5. The van der Waals surface area contributed by atoms with Crippen LogP contribution in [0.25, 0.3) is 11.0 Å². The summed E-state index contributed by atoms with van der Waals surface area (Å²) in [6.07, 6.45) is 4.03. The van der Waals surface area contributed by atoms with Gasteiger partial charge in [-0.15, -0.1) is 0 Å². The number of hydrogen-bond acceptors (Lipinski definition) is 6. The highest BCUT2D eigenvalue weighted by Gasteiger charge is 2.24. The molecule has 0 aromatic carbocycles. The first kappa shape index (κ1) is 32.3. The second-order valence-corrected chi connectivity index (χ2v) is 11.0. The first-order valence-corrected chi connectivity index (χ1v) is 13.7. The lowest BCUT2D eigenvalue weighted by Crippen LogP contribution is -2.37. The van der Waals surface area contributed by atoms with Gasteiger partial charge in [0, 0.05) is 27.7 Å². The van der Waals surface area contributed by atoms with E-state index in [1.807, 2.05) is 13.8 Å². The fourth-order valence-corrected chi connectivity index (χ4v) is 4.41. The van der Waals surface area contributed by atoms with Crippen LogP contribution >= 0.6 is 11.6 Å². The summed E-state index contributed by atoms with van der Waals surface area (Å²) in [7, 11) is 4.55. The van der Waals surface area contributed by atoms with Gasteiger partial charge in [0.05, 0.1) is 29.9 Å². The molecule has 0 aliphatic carbocycles. The molecular weight excluding hydrogens is 569 g/mol. The second-order valence-electron chi connectivity index (χ2n) is 10.6. The number of hydrogen-bond donors (Lipinski definition) is 3. The van der Waals surface area contributed by atoms with Gasteiger partial charge in [0.1, 0.15) is 22.2 Å². The molecule has 0 saturated carbocycles. The maximum Gasteiger partial charge on any atom is 0.407 e. The predicted octanol–water partition coefficient (Wildman–Crippen LogP) is 3.75. The second kappa shape index (κ2) is 14.1. The van der Waals surface area contributed by atoms with Gasteiger partial charge in [0.15, 0.2) is 5.82 Å². The highest BCUT2D eigenvalue weighted by atomic mass is 35.5. The molecule has 0 radical (unpaired) electrons. The predicted molar refractivity (Wildman–Crippen MR) is 157 cm³/mol. The quantitative estimate of drug-likeness (QED) is 0.210. The average molecular weight is 604 g/mol. The van der Waals surface area contributed by atoms with E-state index < -0.39 is 29.3 Å². The molecule has 0 bridgehead atoms. The molecule has 0 fully saturated rings. The summed E-state index contributed by atoms with van der Waals surface area (Å²) in [5.74, 6) is -1.67. The summed E-state index contributed by atoms with van der Waals surface area (Å²) < 4.78 is 15.7. The summed E-state index contributed by atoms with van der Waals surface area (Å²) in [5, 5.41) is 12.0. The lowest BCUT2D eigenvalue weighted by Gasteiger charge is -2.21. The molecule has 0 saturated heterocycles. The van der Waals surface area contributed by atoms with Crippen molar-refractivity contribution in [1.82, 2.24) is 29.3 Å². The van der Waals surface area contributed by atoms with E-state index in [1.54, 1.807) is 20.2 Å². The first-order valence-electron chi connectivity index (χ1n) is 13.3. The van der Waals surface area contributed by atoms with Crippen molar-refractivity contribution >= 4 is 46.2 Å². The number of aromatic nitrogens is 4. The van der Waals surface area contributed by atoms with Crippen LogP contribution in [-0.4, -0.2) is 80.0 Å². The van der Waals surface area contributed by atoms with E-state index >= 15 is 0 Å². The Kier molecular flexibility index (Phi) is 10.8. The highest BCUT2D eigenvalue weighted by Crippen LogP contribution is 2.22. The number of likely N-dealkylation sites (N-methyl/N-ethyl adjacent to an activating group) is 1. The third kappa shape index (κ3) is 8.15. The Morgan fingerprint density at radius 1 is 1.24 bits per heavy atom. The molecular formula is C28H35ClFN7O5. The van der Waals surface area contributed by atoms with Gasteiger partial charge in [0.2, 0.25) is 11.8 Å². The van der Waals surface area contributed by atoms with Crippen LogP contribution in [0.2, 0.25) is 5.15 Å². The Morgan fingerprint density at radius 3 is 2.60 bits per heavy atom. The highest BCUT2D eigenvalue weighted by molar-refractivity contribution is 6.29. The van der Waals surface area contributed by atoms with Crippen molar-refractivity contribution in [2.45, 2.75) is 39.7 Å². The Hall–Kier alpha value is -4.26. The van der Waals surface area contributed by atoms with E-state index in [0.29, 0.717) is 24.1 Å². The SMILES string of the molecule is CC(C)Cc1ncc(F)c2nc(Cn3c(Cl)ccc(NC(=O)[C@@H](CC/C=C/C(=O)N(C)C)CN(C)C(=O)O)c3=O)[nH]c12. The molecule has 226 valence electrons. The molecule has 1 atom stereocenters. The van der Waals surface area contributed by atoms with Crippen molar-refractivity contribution in [2.75, 3.05) is 33.0 Å². The number of imidazole rings is 1. The summed E-state index contributed by atoms with van der Waals surface area (Å²) >= 11 is 6.33. The van der Waals surface area contributed by atoms with Gasteiger partial charge < -0.3 is 25.2 Å². The minimum atomic E-state index is -1.21. The van der Waals surface area contributed by atoms with E-state index in [0.717, 1.165) is 11.1 Å². The smallest absolute Gasteiger partial charge is 0.407 e. The molecule has 3 aromatic rings. The number of nitrogens with zero attached hydrogens (tertiary/aromatic N) is 5. The molecule has 14 heteroatoms. The van der Waals surface area contributed by atoms with Crippen LogP contribution in [0.4, 0.5) is 14.9 Å². The van der Waals surface area contributed by atoms with Crippen molar-refractivity contribution in [1.29, 1.82) is 0 Å². The van der Waals surface area contributed by atoms with Gasteiger partial charge in [-0.25, -0.2) is 14.2 Å². The van der Waals surface area contributed by atoms with Crippen LogP contribution in [0.1, 0.15) is 38.2 Å². The average Bonchev–Trinajstić information content (AvgIpc) is 3.36. The fraction of sp³-hybridized carbons (Fsp3) is 0.429. The number of aromatic amines is 1. The van der Waals surface area contributed by atoms with Gasteiger partial charge in [-0.1, -0.05) is 31.5 Å². The van der Waals surface area contributed by atoms with Crippen molar-refractivity contribution < 1.29 is 23.9 Å². The number of amides is 3. The van der Waals surface area contributed by atoms with Gasteiger partial charge in [-0.3, -0.25) is 23.9 Å². The van der Waals surface area contributed by atoms with Gasteiger partial charge in [-0.2, -0.15) is 0 Å². The first-order chi connectivity index (χ1) is 19.8. The lowest BCUT2D eigenvalue weighted by molar-refractivity contribution is -0.123. The van der Waals surface area contributed by atoms with E-state index in [1.165, 1.54) is 34.7 Å². The number of halogens is 2. The minimum Gasteiger partial charge on any atom is -0.465 e. The van der Waals surface area contributed by atoms with Crippen LogP contribution in [0, 0.1) is 17.7 Å². The monoisotopic (exact) mass is 603 g/mol. The summed E-state index contributed by atoms with van der Waals surface area (Å²) in [5.41, 5.74) is 0.502. The zero-order valence-corrected chi connectivity index (χ0v) is 24.9. The van der Waals surface area contributed by atoms with Gasteiger partial charge in [-0.05, 0) is 43.4 Å². The Bertz CT molecular complexity index is 1550. The number of carbonyl (C=O) groups excluding carboxylic acids is 2. The summed E-state index contributed by atoms with van der Waals surface area (Å²) in [6, 6.07) is 2.79. The number of carbonyl (C=O) groups is 3. The van der Waals surface area contributed by atoms with E-state index in [9.17, 15) is 28.7 Å². The molecule has 0 spiro atoms. The van der Waals surface area contributed by atoms with Gasteiger partial charge in [0.25, 0.3) is 5.56 Å². The molecule has 3 amide bonds. The van der Waals surface area contributed by atoms with Crippen LogP contribution in [-0.2, 0) is 22.6 Å². The fourth-order valence-electron chi connectivity index (χ4n) is 4.21. The van der Waals surface area contributed by atoms with Crippen LogP contribution < -0.4 is 10.9 Å². The molecule has 12 nitrogen and oxygen atoms in total. The number of pyridine rings is 2. The third-order valence-corrected chi connectivity index (χ3v) is 6.79. The molecule has 0 aliphatic rings. The topological polar surface area (TPSA) is 154 Å². The standard InChI is InChI=1S/C28H35ClFN7O5/c1-16(2)12-20-25-24(18(30)13-31-20)33-22(34-25)15-37-21(29)11-10-19(27(37)40)32-26(39)17(14-36(5)28(41)42)8-6-7-9-23(38)35(3)4/h7,9-11,13,16-17H,6,8,12,14-15H2,1-5H3,(H,32,39)(H,33,34)(H,41,42)/b9-7+/t17-/m0/s1. The molecule has 3 aromatic heterocycles. The van der Waals surface area contributed by atoms with Gasteiger partial charge >= 0.3 is 6.09 Å². The van der Waals surface area contributed by atoms with E-state index in [4.69, 9.17) is 11.6 Å². The molecule has 42 heavy (non-hydrogen) atoms. The minimum absolute atomic E-state index is 0.0670. The number of fused-ring (bicyclic) bond motifs is 1. The summed E-state index contributed by atoms with van der Waals surface area (Å²) in [4.78, 5) is 63.7. The Balaban J connectivity index is 1.85. The summed E-state index contributed by atoms with van der Waals surface area (Å²) in [6.45, 7) is 3.77. The molecule has 3 rings (SSSR count). The van der Waals surface area contributed by atoms with Crippen molar-refractivity contribution in [2.24, 2.45) is 11.8 Å². The van der Waals surface area contributed by atoms with E-state index in [-0.39, 0.29) is 53.5 Å². The molecule has 0 unspecified atom stereocenters. The molecule has 0 aliphatic heterocycles. The van der Waals surface area contributed by atoms with Crippen LogP contribution in [0.3, 0.4) is 0 Å². The lowest BCUT2D eigenvalue weighted by atomic mass is 10.0. The van der Waals surface area contributed by atoms with Crippen molar-refractivity contribution in [3.05, 3.63) is 63.3 Å². The van der Waals surface area contributed by atoms with E-state index in [2.05, 4.69) is 20.3 Å². The molecule has 3 N–H and O–H groups in total. The number of nitrogens with one attached hydrogen (secondary N) is 2. The van der Waals surface area contributed by atoms with Crippen LogP contribution in [0.5, 0.6) is 0 Å².